The molecular weight excluding hydrogens is 392 g/mol. The molecule has 2 heterocycles. The van der Waals surface area contributed by atoms with Gasteiger partial charge in [-0.2, -0.15) is 0 Å². The molecule has 8 nitrogen and oxygen atoms in total. The summed E-state index contributed by atoms with van der Waals surface area (Å²) >= 11 is 1.38. The quantitative estimate of drug-likeness (QED) is 0.624. The molecule has 2 aromatic rings. The highest BCUT2D eigenvalue weighted by molar-refractivity contribution is 7.99. The molecule has 0 spiro atoms. The summed E-state index contributed by atoms with van der Waals surface area (Å²) in [5.74, 6) is 2.26. The van der Waals surface area contributed by atoms with Crippen molar-refractivity contribution in [3.8, 4) is 22.9 Å². The van der Waals surface area contributed by atoms with E-state index in [-0.39, 0.29) is 23.8 Å². The van der Waals surface area contributed by atoms with Crippen molar-refractivity contribution in [2.24, 2.45) is 0 Å². The fourth-order valence-corrected chi connectivity index (χ4v) is 3.99. The van der Waals surface area contributed by atoms with Crippen molar-refractivity contribution in [2.45, 2.75) is 50.5 Å². The van der Waals surface area contributed by atoms with Crippen LogP contribution in [0.4, 0.5) is 0 Å². The second kappa shape index (κ2) is 9.98. The molecule has 1 atom stereocenters. The fourth-order valence-electron chi connectivity index (χ4n) is 3.23. The molecule has 1 aliphatic heterocycles. The molecule has 0 unspecified atom stereocenters. The standard InChI is InChI=1S/C20H28N4O4S/c1-13(2)21-18(25)12-29-20-23-22-19(24(20)11-15-6-5-9-28-15)14-7-8-16(26-3)17(10-14)27-4/h7-8,10,13,15H,5-6,9,11-12H2,1-4H3,(H,21,25)/t15-/m0/s1. The van der Waals surface area contributed by atoms with Gasteiger partial charge in [-0.05, 0) is 44.9 Å². The highest BCUT2D eigenvalue weighted by Crippen LogP contribution is 2.33. The van der Waals surface area contributed by atoms with Crippen molar-refractivity contribution in [3.63, 3.8) is 0 Å². The number of hydrogen-bond acceptors (Lipinski definition) is 7. The Bertz CT molecular complexity index is 834. The second-order valence-corrected chi connectivity index (χ2v) is 8.07. The molecule has 0 radical (unpaired) electrons. The normalized spacial score (nSPS) is 16.2. The van der Waals surface area contributed by atoms with E-state index in [1.807, 2.05) is 36.6 Å². The first-order valence-electron chi connectivity index (χ1n) is 9.71. The number of ether oxygens (including phenoxy) is 3. The molecule has 3 rings (SSSR count). The highest BCUT2D eigenvalue weighted by atomic mass is 32.2. The van der Waals surface area contributed by atoms with Gasteiger partial charge in [-0.1, -0.05) is 11.8 Å². The number of amides is 1. The first-order valence-corrected chi connectivity index (χ1v) is 10.7. The molecule has 1 N–H and O–H groups in total. The van der Waals surface area contributed by atoms with Crippen molar-refractivity contribution >= 4 is 17.7 Å². The van der Waals surface area contributed by atoms with E-state index in [1.165, 1.54) is 11.8 Å². The third-order valence-electron chi connectivity index (χ3n) is 4.55. The maximum absolute atomic E-state index is 12.1. The van der Waals surface area contributed by atoms with Crippen molar-refractivity contribution < 1.29 is 19.0 Å². The lowest BCUT2D eigenvalue weighted by Crippen LogP contribution is -2.31. The van der Waals surface area contributed by atoms with Crippen LogP contribution in [0.25, 0.3) is 11.4 Å². The van der Waals surface area contributed by atoms with E-state index in [0.717, 1.165) is 25.0 Å². The van der Waals surface area contributed by atoms with Crippen molar-refractivity contribution in [1.29, 1.82) is 0 Å². The van der Waals surface area contributed by atoms with Gasteiger partial charge in [-0.15, -0.1) is 10.2 Å². The third kappa shape index (κ3) is 5.42. The summed E-state index contributed by atoms with van der Waals surface area (Å²) in [6.07, 6.45) is 2.17. The molecule has 1 saturated heterocycles. The van der Waals surface area contributed by atoms with Crippen LogP contribution in [0, 0.1) is 0 Å². The highest BCUT2D eigenvalue weighted by Gasteiger charge is 2.23. The molecule has 1 fully saturated rings. The lowest BCUT2D eigenvalue weighted by Gasteiger charge is -2.15. The molecular formula is C20H28N4O4S. The maximum atomic E-state index is 12.1. The monoisotopic (exact) mass is 420 g/mol. The van der Waals surface area contributed by atoms with Crippen LogP contribution in [0.15, 0.2) is 23.4 Å². The molecule has 0 saturated carbocycles. The first-order chi connectivity index (χ1) is 14.0. The van der Waals surface area contributed by atoms with Gasteiger partial charge in [0.1, 0.15) is 0 Å². The van der Waals surface area contributed by atoms with Gasteiger partial charge in [0.25, 0.3) is 0 Å². The number of nitrogens with zero attached hydrogens (tertiary/aromatic N) is 3. The molecule has 29 heavy (non-hydrogen) atoms. The van der Waals surface area contributed by atoms with E-state index >= 15 is 0 Å². The molecule has 0 aliphatic carbocycles. The van der Waals surface area contributed by atoms with E-state index < -0.39 is 0 Å². The Morgan fingerprint density at radius 2 is 2.10 bits per heavy atom. The zero-order chi connectivity index (χ0) is 20.8. The van der Waals surface area contributed by atoms with Gasteiger partial charge in [0.05, 0.1) is 32.6 Å². The Hall–Kier alpha value is -2.26. The summed E-state index contributed by atoms with van der Waals surface area (Å²) in [5.41, 5.74) is 0.867. The SMILES string of the molecule is COc1ccc(-c2nnc(SCC(=O)NC(C)C)n2C[C@@H]2CCCO2)cc1OC. The Morgan fingerprint density at radius 3 is 2.76 bits per heavy atom. The number of benzene rings is 1. The van der Waals surface area contributed by atoms with Crippen LogP contribution < -0.4 is 14.8 Å². The van der Waals surface area contributed by atoms with Crippen molar-refractivity contribution in [1.82, 2.24) is 20.1 Å². The summed E-state index contributed by atoms with van der Waals surface area (Å²) in [5, 5.41) is 12.4. The number of aromatic nitrogens is 3. The minimum absolute atomic E-state index is 0.0238. The summed E-state index contributed by atoms with van der Waals surface area (Å²) in [4.78, 5) is 12.1. The zero-order valence-corrected chi connectivity index (χ0v) is 18.1. The summed E-state index contributed by atoms with van der Waals surface area (Å²) < 4.78 is 18.6. The first kappa shape index (κ1) is 21.4. The van der Waals surface area contributed by atoms with Crippen molar-refractivity contribution in [3.05, 3.63) is 18.2 Å². The van der Waals surface area contributed by atoms with E-state index in [9.17, 15) is 4.79 Å². The fraction of sp³-hybridized carbons (Fsp3) is 0.550. The van der Waals surface area contributed by atoms with Gasteiger partial charge in [0.15, 0.2) is 22.5 Å². The smallest absolute Gasteiger partial charge is 0.230 e. The lowest BCUT2D eigenvalue weighted by molar-refractivity contribution is -0.119. The van der Waals surface area contributed by atoms with Crippen LogP contribution in [0.5, 0.6) is 11.5 Å². The van der Waals surface area contributed by atoms with Crippen LogP contribution in [-0.4, -0.2) is 59.4 Å². The summed E-state index contributed by atoms with van der Waals surface area (Å²) in [6.45, 7) is 5.30. The van der Waals surface area contributed by atoms with Crippen molar-refractivity contribution in [2.75, 3.05) is 26.6 Å². The van der Waals surface area contributed by atoms with Crippen LogP contribution in [-0.2, 0) is 16.1 Å². The molecule has 1 aromatic heterocycles. The number of hydrogen-bond donors (Lipinski definition) is 1. The van der Waals surface area contributed by atoms with Gasteiger partial charge in [-0.3, -0.25) is 9.36 Å². The lowest BCUT2D eigenvalue weighted by atomic mass is 10.1. The van der Waals surface area contributed by atoms with Gasteiger partial charge >= 0.3 is 0 Å². The number of thioether (sulfide) groups is 1. The molecule has 1 aliphatic rings. The van der Waals surface area contributed by atoms with Gasteiger partial charge in [-0.25, -0.2) is 0 Å². The number of carbonyl (C=O) groups excluding carboxylic acids is 1. The van der Waals surface area contributed by atoms with E-state index in [2.05, 4.69) is 15.5 Å². The minimum Gasteiger partial charge on any atom is -0.493 e. The number of rotatable bonds is 9. The number of methoxy groups -OCH3 is 2. The van der Waals surface area contributed by atoms with Crippen LogP contribution in [0.3, 0.4) is 0 Å². The molecule has 1 amide bonds. The van der Waals surface area contributed by atoms with Gasteiger partial charge in [0.2, 0.25) is 5.91 Å². The molecule has 0 bridgehead atoms. The van der Waals surface area contributed by atoms with E-state index in [0.29, 0.717) is 29.0 Å². The van der Waals surface area contributed by atoms with Gasteiger partial charge < -0.3 is 19.5 Å². The number of carbonyl (C=O) groups is 1. The van der Waals surface area contributed by atoms with Gasteiger partial charge in [0, 0.05) is 18.2 Å². The Kier molecular flexibility index (Phi) is 7.38. The largest absolute Gasteiger partial charge is 0.493 e. The maximum Gasteiger partial charge on any atom is 0.230 e. The predicted octanol–water partition coefficient (Wildman–Crippen LogP) is 2.76. The second-order valence-electron chi connectivity index (χ2n) is 7.13. The van der Waals surface area contributed by atoms with E-state index in [4.69, 9.17) is 14.2 Å². The average Bonchev–Trinajstić information content (AvgIpc) is 3.35. The average molecular weight is 421 g/mol. The summed E-state index contributed by atoms with van der Waals surface area (Å²) in [7, 11) is 3.21. The van der Waals surface area contributed by atoms with Crippen LogP contribution >= 0.6 is 11.8 Å². The predicted molar refractivity (Wildman–Crippen MR) is 112 cm³/mol. The minimum atomic E-state index is -0.0238. The third-order valence-corrected chi connectivity index (χ3v) is 5.52. The summed E-state index contributed by atoms with van der Waals surface area (Å²) in [6, 6.07) is 5.77. The Balaban J connectivity index is 1.88. The number of nitrogens with one attached hydrogen (secondary N) is 1. The van der Waals surface area contributed by atoms with E-state index in [1.54, 1.807) is 14.2 Å². The molecule has 158 valence electrons. The Labute approximate surface area is 175 Å². The molecule has 1 aromatic carbocycles. The van der Waals surface area contributed by atoms with Crippen LogP contribution in [0.1, 0.15) is 26.7 Å². The Morgan fingerprint density at radius 1 is 1.31 bits per heavy atom. The topological polar surface area (TPSA) is 87.5 Å². The zero-order valence-electron chi connectivity index (χ0n) is 17.3. The molecule has 9 heteroatoms. The van der Waals surface area contributed by atoms with Crippen LogP contribution in [0.2, 0.25) is 0 Å².